The van der Waals surface area contributed by atoms with Crippen LogP contribution in [0.2, 0.25) is 0 Å². The van der Waals surface area contributed by atoms with E-state index in [0.717, 1.165) is 4.74 Å². The van der Waals surface area contributed by atoms with E-state index in [2.05, 4.69) is 5.32 Å². The molecule has 0 aromatic heterocycles. The van der Waals surface area contributed by atoms with Gasteiger partial charge < -0.3 is 5.21 Å². The number of alkyl halides is 2. The maximum atomic E-state index is 10.7. The van der Waals surface area contributed by atoms with E-state index in [0.29, 0.717) is 18.9 Å². The molecule has 52 valence electrons. The fraction of sp³-hybridized carbons (Fsp3) is 0.750. The lowest BCUT2D eigenvalue weighted by atomic mass is 10.4. The van der Waals surface area contributed by atoms with Gasteiger partial charge in [0.15, 0.2) is 4.84 Å². The highest BCUT2D eigenvalue weighted by Gasteiger charge is 2.22. The predicted octanol–water partition coefficient (Wildman–Crippen LogP) is 0.302. The Morgan fingerprint density at radius 3 is 2.56 bits per heavy atom. The van der Waals surface area contributed by atoms with Crippen molar-refractivity contribution in [2.45, 2.75) is 4.84 Å². The molecule has 1 aliphatic rings. The Morgan fingerprint density at radius 2 is 2.33 bits per heavy atom. The summed E-state index contributed by atoms with van der Waals surface area (Å²) in [4.78, 5) is -0.669. The molecule has 0 amide bonds. The molecule has 1 aliphatic heterocycles. The van der Waals surface area contributed by atoms with Crippen molar-refractivity contribution in [3.63, 3.8) is 0 Å². The van der Waals surface area contributed by atoms with Crippen molar-refractivity contribution in [1.82, 2.24) is 5.32 Å². The monoisotopic (exact) mass is 168 g/mol. The van der Waals surface area contributed by atoms with Crippen LogP contribution in [0.25, 0.3) is 0 Å². The highest BCUT2D eigenvalue weighted by atomic mass is 35.5. The van der Waals surface area contributed by atoms with Gasteiger partial charge in [-0.15, -0.1) is 0 Å². The standard InChI is InChI=1S/C4H6Cl2N2O/c5-4(6)3-1-7-2-8(3)9/h4,7H,1-2H2. The molecule has 0 unspecified atom stereocenters. The summed E-state index contributed by atoms with van der Waals surface area (Å²) in [7, 11) is 0. The quantitative estimate of drug-likeness (QED) is 0.348. The molecule has 0 fully saturated rings. The molecule has 5 heteroatoms. The van der Waals surface area contributed by atoms with Crippen molar-refractivity contribution in [3.8, 4) is 0 Å². The highest BCUT2D eigenvalue weighted by Crippen LogP contribution is 2.05. The Morgan fingerprint density at radius 1 is 1.67 bits per heavy atom. The first-order valence-electron chi connectivity index (χ1n) is 2.51. The molecule has 1 rings (SSSR count). The van der Waals surface area contributed by atoms with Crippen molar-refractivity contribution in [1.29, 1.82) is 0 Å². The summed E-state index contributed by atoms with van der Waals surface area (Å²) < 4.78 is 0.769. The molecule has 1 N–H and O–H groups in total. The van der Waals surface area contributed by atoms with Crippen LogP contribution in [0.15, 0.2) is 0 Å². The Labute approximate surface area is 62.8 Å². The van der Waals surface area contributed by atoms with E-state index in [1.807, 2.05) is 0 Å². The molecule has 0 aromatic carbocycles. The Bertz CT molecular complexity index is 146. The van der Waals surface area contributed by atoms with Crippen LogP contribution in [0.3, 0.4) is 0 Å². The average Bonchev–Trinajstić information content (AvgIpc) is 2.13. The average molecular weight is 169 g/mol. The lowest BCUT2D eigenvalue weighted by Crippen LogP contribution is -2.18. The summed E-state index contributed by atoms with van der Waals surface area (Å²) in [5.41, 5.74) is 0.498. The molecule has 0 aromatic rings. The molecular formula is C4H6Cl2N2O. The Kier molecular flexibility index (Phi) is 2.16. The van der Waals surface area contributed by atoms with E-state index < -0.39 is 4.84 Å². The van der Waals surface area contributed by atoms with Crippen molar-refractivity contribution < 1.29 is 4.74 Å². The number of hydrogen-bond acceptors (Lipinski definition) is 2. The van der Waals surface area contributed by atoms with Gasteiger partial charge >= 0.3 is 0 Å². The predicted molar refractivity (Wildman–Crippen MR) is 37.0 cm³/mol. The number of halogens is 2. The summed E-state index contributed by atoms with van der Waals surface area (Å²) in [6.07, 6.45) is 0. The first-order chi connectivity index (χ1) is 4.22. The molecule has 0 saturated carbocycles. The number of hydrogen-bond donors (Lipinski definition) is 1. The lowest BCUT2D eigenvalue weighted by molar-refractivity contribution is -0.453. The summed E-state index contributed by atoms with van der Waals surface area (Å²) >= 11 is 10.9. The number of rotatable bonds is 1. The lowest BCUT2D eigenvalue weighted by Gasteiger charge is -1.99. The number of hydroxylamine groups is 1. The minimum atomic E-state index is -0.669. The fourth-order valence-electron chi connectivity index (χ4n) is 0.661. The molecule has 1 heterocycles. The highest BCUT2D eigenvalue weighted by molar-refractivity contribution is 6.54. The Balaban J connectivity index is 2.66. The second kappa shape index (κ2) is 2.73. The molecule has 0 bridgehead atoms. The maximum Gasteiger partial charge on any atom is 0.211 e. The van der Waals surface area contributed by atoms with Crippen molar-refractivity contribution in [3.05, 3.63) is 5.21 Å². The van der Waals surface area contributed by atoms with Crippen LogP contribution in [-0.2, 0) is 0 Å². The molecule has 3 nitrogen and oxygen atoms in total. The maximum absolute atomic E-state index is 10.7. The van der Waals surface area contributed by atoms with Crippen LogP contribution in [0.1, 0.15) is 0 Å². The Hall–Kier alpha value is 0.01000. The molecule has 0 saturated heterocycles. The summed E-state index contributed by atoms with van der Waals surface area (Å²) in [5, 5.41) is 13.5. The zero-order valence-electron chi connectivity index (χ0n) is 4.60. The van der Waals surface area contributed by atoms with Crippen LogP contribution in [0.5, 0.6) is 0 Å². The van der Waals surface area contributed by atoms with Crippen LogP contribution >= 0.6 is 23.2 Å². The van der Waals surface area contributed by atoms with Gasteiger partial charge in [-0.25, -0.2) is 0 Å². The topological polar surface area (TPSA) is 38.1 Å². The van der Waals surface area contributed by atoms with Crippen LogP contribution in [0.4, 0.5) is 0 Å². The van der Waals surface area contributed by atoms with Gasteiger partial charge in [0.05, 0.1) is 6.54 Å². The van der Waals surface area contributed by atoms with E-state index in [1.165, 1.54) is 0 Å². The van der Waals surface area contributed by atoms with E-state index >= 15 is 0 Å². The van der Waals surface area contributed by atoms with Crippen molar-refractivity contribution in [2.24, 2.45) is 0 Å². The third kappa shape index (κ3) is 1.47. The number of nitrogens with one attached hydrogen (secondary N) is 1. The van der Waals surface area contributed by atoms with Crippen LogP contribution in [0, 0.1) is 5.21 Å². The first-order valence-corrected chi connectivity index (χ1v) is 3.38. The number of nitrogens with zero attached hydrogens (tertiary/aromatic N) is 1. The van der Waals surface area contributed by atoms with E-state index in [1.54, 1.807) is 0 Å². The minimum Gasteiger partial charge on any atom is -0.623 e. The summed E-state index contributed by atoms with van der Waals surface area (Å²) in [6.45, 7) is 0.798. The van der Waals surface area contributed by atoms with E-state index in [-0.39, 0.29) is 0 Å². The SMILES string of the molecule is [O-][N+]1=C(C(Cl)Cl)CNC1. The second-order valence-corrected chi connectivity index (χ2v) is 2.85. The molecular weight excluding hydrogens is 163 g/mol. The van der Waals surface area contributed by atoms with Crippen LogP contribution in [-0.4, -0.2) is 28.5 Å². The summed E-state index contributed by atoms with van der Waals surface area (Å²) in [6, 6.07) is 0. The van der Waals surface area contributed by atoms with Gasteiger partial charge in [0.25, 0.3) is 0 Å². The zero-order chi connectivity index (χ0) is 6.85. The molecule has 0 radical (unpaired) electrons. The van der Waals surface area contributed by atoms with Crippen molar-refractivity contribution in [2.75, 3.05) is 13.2 Å². The van der Waals surface area contributed by atoms with Gasteiger partial charge in [-0.2, -0.15) is 4.74 Å². The van der Waals surface area contributed by atoms with Gasteiger partial charge in [0.2, 0.25) is 12.4 Å². The van der Waals surface area contributed by atoms with Gasteiger partial charge in [0.1, 0.15) is 0 Å². The van der Waals surface area contributed by atoms with E-state index in [4.69, 9.17) is 23.2 Å². The summed E-state index contributed by atoms with van der Waals surface area (Å²) in [5.74, 6) is 0. The smallest absolute Gasteiger partial charge is 0.211 e. The third-order valence-electron chi connectivity index (χ3n) is 1.13. The second-order valence-electron chi connectivity index (χ2n) is 1.76. The van der Waals surface area contributed by atoms with E-state index in [9.17, 15) is 5.21 Å². The van der Waals surface area contributed by atoms with Gasteiger partial charge in [-0.1, -0.05) is 23.2 Å². The molecule has 0 atom stereocenters. The molecule has 0 aliphatic carbocycles. The normalized spacial score (nSPS) is 19.9. The first kappa shape index (κ1) is 7.12. The fourth-order valence-corrected chi connectivity index (χ4v) is 1.03. The van der Waals surface area contributed by atoms with Crippen molar-refractivity contribution >= 4 is 28.9 Å². The van der Waals surface area contributed by atoms with Crippen LogP contribution < -0.4 is 5.32 Å². The van der Waals surface area contributed by atoms with Gasteiger partial charge in [-0.05, 0) is 0 Å². The minimum absolute atomic E-state index is 0.297. The zero-order valence-corrected chi connectivity index (χ0v) is 6.11. The molecule has 9 heavy (non-hydrogen) atoms. The third-order valence-corrected chi connectivity index (χ3v) is 1.64. The molecule has 0 spiro atoms. The van der Waals surface area contributed by atoms with Gasteiger partial charge in [0, 0.05) is 0 Å². The van der Waals surface area contributed by atoms with Gasteiger partial charge in [-0.3, -0.25) is 5.32 Å². The largest absolute Gasteiger partial charge is 0.623 e.